The van der Waals surface area contributed by atoms with E-state index in [0.29, 0.717) is 19.6 Å². The van der Waals surface area contributed by atoms with Gasteiger partial charge >= 0.3 is 0 Å². The average molecular weight is 367 g/mol. The molecule has 1 aliphatic rings. The molecule has 1 aliphatic carbocycles. The minimum Gasteiger partial charge on any atom is -0.496 e. The highest BCUT2D eigenvalue weighted by molar-refractivity contribution is 7.98. The third-order valence-electron chi connectivity index (χ3n) is 5.43. The number of methoxy groups -OCH3 is 1. The van der Waals surface area contributed by atoms with Crippen molar-refractivity contribution in [2.75, 3.05) is 27.0 Å². The Balaban J connectivity index is 2.11. The van der Waals surface area contributed by atoms with Gasteiger partial charge in [-0.15, -0.1) is 11.8 Å². The van der Waals surface area contributed by atoms with Crippen LogP contribution in [0.5, 0.6) is 5.75 Å². The summed E-state index contributed by atoms with van der Waals surface area (Å²) < 4.78 is 11.2. The standard InChI is InChI=1S/C19H30N2O3S/c1-7-24-16-11-19(20,18(16,2)3)17(22)21(4)12-13-8-9-15(25-6)14(10-13)23-5/h8-10,16H,7,11-12,20H2,1-6H3. The van der Waals surface area contributed by atoms with Gasteiger partial charge in [0.05, 0.1) is 13.2 Å². The summed E-state index contributed by atoms with van der Waals surface area (Å²) in [6.45, 7) is 7.12. The van der Waals surface area contributed by atoms with Crippen LogP contribution in [0.25, 0.3) is 0 Å². The number of hydrogen-bond donors (Lipinski definition) is 1. The predicted octanol–water partition coefficient (Wildman–Crippen LogP) is 2.91. The van der Waals surface area contributed by atoms with Gasteiger partial charge in [0.1, 0.15) is 11.3 Å². The molecule has 6 heteroatoms. The lowest BCUT2D eigenvalue weighted by atomic mass is 9.54. The second-order valence-corrected chi connectivity index (χ2v) is 8.04. The van der Waals surface area contributed by atoms with E-state index >= 15 is 0 Å². The van der Waals surface area contributed by atoms with Gasteiger partial charge in [-0.2, -0.15) is 0 Å². The van der Waals surface area contributed by atoms with Crippen LogP contribution in [0.3, 0.4) is 0 Å². The Bertz CT molecular complexity index is 635. The van der Waals surface area contributed by atoms with Crippen molar-refractivity contribution in [2.45, 2.75) is 50.3 Å². The lowest BCUT2D eigenvalue weighted by Crippen LogP contribution is -2.75. The molecule has 0 aliphatic heterocycles. The van der Waals surface area contributed by atoms with Crippen LogP contribution in [-0.2, 0) is 16.1 Å². The van der Waals surface area contributed by atoms with Crippen LogP contribution in [0.1, 0.15) is 32.8 Å². The van der Waals surface area contributed by atoms with E-state index in [1.54, 1.807) is 30.8 Å². The molecule has 0 spiro atoms. The highest BCUT2D eigenvalue weighted by atomic mass is 32.2. The van der Waals surface area contributed by atoms with Crippen molar-refractivity contribution in [3.63, 3.8) is 0 Å². The predicted molar refractivity (Wildman–Crippen MR) is 102 cm³/mol. The highest BCUT2D eigenvalue weighted by Gasteiger charge is 2.63. The number of carbonyl (C=O) groups is 1. The molecule has 1 saturated carbocycles. The maximum Gasteiger partial charge on any atom is 0.243 e. The number of nitrogens with zero attached hydrogens (tertiary/aromatic N) is 1. The maximum atomic E-state index is 13.0. The van der Waals surface area contributed by atoms with Gasteiger partial charge in [-0.25, -0.2) is 0 Å². The number of amides is 1. The quantitative estimate of drug-likeness (QED) is 0.752. The zero-order chi connectivity index (χ0) is 18.8. The molecule has 0 bridgehead atoms. The van der Waals surface area contributed by atoms with E-state index in [1.165, 1.54) is 0 Å². The summed E-state index contributed by atoms with van der Waals surface area (Å²) in [5.74, 6) is 0.787. The summed E-state index contributed by atoms with van der Waals surface area (Å²) in [4.78, 5) is 15.8. The minimum absolute atomic E-state index is 0.0285. The van der Waals surface area contributed by atoms with E-state index in [2.05, 4.69) is 0 Å². The molecule has 1 amide bonds. The van der Waals surface area contributed by atoms with E-state index < -0.39 is 5.54 Å². The Kier molecular flexibility index (Phi) is 6.07. The molecule has 0 radical (unpaired) electrons. The molecule has 1 fully saturated rings. The van der Waals surface area contributed by atoms with Crippen molar-refractivity contribution in [2.24, 2.45) is 11.1 Å². The molecule has 0 aromatic heterocycles. The van der Waals surface area contributed by atoms with Crippen LogP contribution in [0, 0.1) is 5.41 Å². The molecule has 0 heterocycles. The monoisotopic (exact) mass is 366 g/mol. The number of benzene rings is 1. The molecule has 25 heavy (non-hydrogen) atoms. The SMILES string of the molecule is CCOC1CC(N)(C(=O)N(C)Cc2ccc(SC)c(OC)c2)C1(C)C. The molecule has 1 aromatic carbocycles. The Morgan fingerprint density at radius 3 is 2.64 bits per heavy atom. The maximum absolute atomic E-state index is 13.0. The Hall–Kier alpha value is -1.24. The van der Waals surface area contributed by atoms with Crippen LogP contribution in [0.4, 0.5) is 0 Å². The van der Waals surface area contributed by atoms with E-state index in [1.807, 2.05) is 45.2 Å². The average Bonchev–Trinajstić information content (AvgIpc) is 2.60. The van der Waals surface area contributed by atoms with Crippen molar-refractivity contribution in [3.8, 4) is 5.75 Å². The first-order valence-electron chi connectivity index (χ1n) is 8.58. The number of thioether (sulfide) groups is 1. The summed E-state index contributed by atoms with van der Waals surface area (Å²) in [6, 6.07) is 6.03. The molecule has 0 saturated heterocycles. The summed E-state index contributed by atoms with van der Waals surface area (Å²) in [5, 5.41) is 0. The zero-order valence-corrected chi connectivity index (χ0v) is 16.9. The second kappa shape index (κ2) is 7.56. The molecule has 2 rings (SSSR count). The molecule has 2 N–H and O–H groups in total. The third kappa shape index (κ3) is 3.52. The van der Waals surface area contributed by atoms with Gasteiger partial charge in [0.2, 0.25) is 5.91 Å². The van der Waals surface area contributed by atoms with Gasteiger partial charge in [-0.05, 0) is 30.9 Å². The van der Waals surface area contributed by atoms with Gasteiger partial charge in [0.25, 0.3) is 0 Å². The first-order valence-corrected chi connectivity index (χ1v) is 9.80. The van der Waals surface area contributed by atoms with Crippen LogP contribution in [0.15, 0.2) is 23.1 Å². The van der Waals surface area contributed by atoms with Crippen molar-refractivity contribution >= 4 is 17.7 Å². The first-order chi connectivity index (χ1) is 11.7. The lowest BCUT2D eigenvalue weighted by Gasteiger charge is -2.58. The van der Waals surface area contributed by atoms with Gasteiger partial charge < -0.3 is 20.1 Å². The number of ether oxygens (including phenoxy) is 2. The topological polar surface area (TPSA) is 64.8 Å². The van der Waals surface area contributed by atoms with E-state index in [0.717, 1.165) is 16.2 Å². The van der Waals surface area contributed by atoms with E-state index in [4.69, 9.17) is 15.2 Å². The molecule has 140 valence electrons. The largest absolute Gasteiger partial charge is 0.496 e. The van der Waals surface area contributed by atoms with Crippen LogP contribution in [0.2, 0.25) is 0 Å². The second-order valence-electron chi connectivity index (χ2n) is 7.19. The molecular weight excluding hydrogens is 336 g/mol. The van der Waals surface area contributed by atoms with E-state index in [9.17, 15) is 4.79 Å². The van der Waals surface area contributed by atoms with Crippen LogP contribution >= 0.6 is 11.8 Å². The summed E-state index contributed by atoms with van der Waals surface area (Å²) in [6.07, 6.45) is 2.60. The van der Waals surface area contributed by atoms with Gasteiger partial charge in [0, 0.05) is 36.9 Å². The summed E-state index contributed by atoms with van der Waals surface area (Å²) in [5.41, 5.74) is 6.26. The first kappa shape index (κ1) is 20.1. The molecule has 2 unspecified atom stereocenters. The summed E-state index contributed by atoms with van der Waals surface area (Å²) in [7, 11) is 3.46. The fraction of sp³-hybridized carbons (Fsp3) is 0.632. The number of rotatable bonds is 7. The Morgan fingerprint density at radius 2 is 2.12 bits per heavy atom. The van der Waals surface area contributed by atoms with Crippen molar-refractivity contribution in [1.82, 2.24) is 4.90 Å². The third-order valence-corrected chi connectivity index (χ3v) is 6.20. The fourth-order valence-corrected chi connectivity index (χ4v) is 4.01. The zero-order valence-electron chi connectivity index (χ0n) is 16.1. The highest BCUT2D eigenvalue weighted by Crippen LogP contribution is 2.50. The molecule has 5 nitrogen and oxygen atoms in total. The number of hydrogen-bond acceptors (Lipinski definition) is 5. The lowest BCUT2D eigenvalue weighted by molar-refractivity contribution is -0.178. The Morgan fingerprint density at radius 1 is 1.44 bits per heavy atom. The minimum atomic E-state index is -0.884. The van der Waals surface area contributed by atoms with E-state index in [-0.39, 0.29) is 17.4 Å². The molecule has 1 aromatic rings. The smallest absolute Gasteiger partial charge is 0.243 e. The normalized spacial score (nSPS) is 24.5. The van der Waals surface area contributed by atoms with Crippen molar-refractivity contribution in [3.05, 3.63) is 23.8 Å². The van der Waals surface area contributed by atoms with Crippen LogP contribution in [-0.4, -0.2) is 49.5 Å². The van der Waals surface area contributed by atoms with Gasteiger partial charge in [0.15, 0.2) is 0 Å². The van der Waals surface area contributed by atoms with Crippen molar-refractivity contribution in [1.29, 1.82) is 0 Å². The summed E-state index contributed by atoms with van der Waals surface area (Å²) >= 11 is 1.64. The number of carbonyl (C=O) groups excluding carboxylic acids is 1. The van der Waals surface area contributed by atoms with Gasteiger partial charge in [-0.1, -0.05) is 19.9 Å². The van der Waals surface area contributed by atoms with Crippen LogP contribution < -0.4 is 10.5 Å². The van der Waals surface area contributed by atoms with Crippen molar-refractivity contribution < 1.29 is 14.3 Å². The fourth-order valence-electron chi connectivity index (χ4n) is 3.46. The molecular formula is C19H30N2O3S. The number of likely N-dealkylation sites (N-methyl/N-ethyl adjacent to an activating group) is 1. The number of nitrogens with two attached hydrogens (primary N) is 1. The molecule has 2 atom stereocenters. The van der Waals surface area contributed by atoms with Gasteiger partial charge in [-0.3, -0.25) is 4.79 Å². The Labute approximate surface area is 155 Å².